The summed E-state index contributed by atoms with van der Waals surface area (Å²) in [7, 11) is 1.61. The summed E-state index contributed by atoms with van der Waals surface area (Å²) in [5.74, 6) is 0.578. The van der Waals surface area contributed by atoms with Crippen LogP contribution in [0.5, 0.6) is 5.75 Å². The summed E-state index contributed by atoms with van der Waals surface area (Å²) in [6.45, 7) is 0. The summed E-state index contributed by atoms with van der Waals surface area (Å²) in [5, 5.41) is 0.586. The monoisotopic (exact) mass is 330 g/mol. The molecule has 1 heterocycles. The molecule has 3 aromatic rings. The highest BCUT2D eigenvalue weighted by Crippen LogP contribution is 2.26. The van der Waals surface area contributed by atoms with Gasteiger partial charge in [0.2, 0.25) is 5.78 Å². The van der Waals surface area contributed by atoms with Crippen molar-refractivity contribution < 1.29 is 9.53 Å². The van der Waals surface area contributed by atoms with E-state index in [0.29, 0.717) is 22.0 Å². The number of hydrogen-bond acceptors (Lipinski definition) is 5. The van der Waals surface area contributed by atoms with E-state index in [9.17, 15) is 4.79 Å². The van der Waals surface area contributed by atoms with Gasteiger partial charge in [-0.15, -0.1) is 0 Å². The van der Waals surface area contributed by atoms with E-state index < -0.39 is 0 Å². The lowest BCUT2D eigenvalue weighted by Gasteiger charge is -2.03. The van der Waals surface area contributed by atoms with E-state index in [4.69, 9.17) is 16.3 Å². The lowest BCUT2D eigenvalue weighted by Crippen LogP contribution is -2.03. The number of rotatable bonds is 4. The van der Waals surface area contributed by atoms with Gasteiger partial charge in [0.05, 0.1) is 18.8 Å². The van der Waals surface area contributed by atoms with Gasteiger partial charge in [-0.25, -0.2) is 0 Å². The summed E-state index contributed by atoms with van der Waals surface area (Å²) in [6, 6.07) is 14.1. The molecular formula is C16H11ClN2O2S. The first kappa shape index (κ1) is 14.7. The molecule has 0 fully saturated rings. The largest absolute Gasteiger partial charge is 0.497 e. The van der Waals surface area contributed by atoms with Crippen LogP contribution in [0.25, 0.3) is 11.3 Å². The molecule has 1 aromatic heterocycles. The zero-order chi connectivity index (χ0) is 15.5. The van der Waals surface area contributed by atoms with Gasteiger partial charge in [-0.3, -0.25) is 4.79 Å². The number of aromatic nitrogens is 2. The van der Waals surface area contributed by atoms with Gasteiger partial charge < -0.3 is 4.74 Å². The number of carbonyl (C=O) groups is 1. The fourth-order valence-corrected chi connectivity index (χ4v) is 2.71. The van der Waals surface area contributed by atoms with Gasteiger partial charge in [-0.2, -0.15) is 8.75 Å². The number of methoxy groups -OCH3 is 1. The standard InChI is InChI=1S/C16H11ClN2O2S/c1-21-13-8-4-10(5-9-13)14-15(19-22-18-14)16(20)11-2-6-12(17)7-3-11/h2-9H,1H3. The van der Waals surface area contributed by atoms with Crippen molar-refractivity contribution in [2.24, 2.45) is 0 Å². The maximum atomic E-state index is 12.6. The van der Waals surface area contributed by atoms with E-state index in [1.165, 1.54) is 0 Å². The Bertz CT molecular complexity index is 798. The maximum Gasteiger partial charge on any atom is 0.214 e. The molecule has 0 saturated carbocycles. The number of carbonyl (C=O) groups excluding carboxylic acids is 1. The summed E-state index contributed by atoms with van der Waals surface area (Å²) < 4.78 is 13.5. The number of benzene rings is 2. The molecule has 6 heteroatoms. The van der Waals surface area contributed by atoms with Gasteiger partial charge in [0.25, 0.3) is 0 Å². The molecule has 0 radical (unpaired) electrons. The van der Waals surface area contributed by atoms with Crippen molar-refractivity contribution in [1.82, 2.24) is 8.75 Å². The molecule has 0 spiro atoms. The van der Waals surface area contributed by atoms with Crippen LogP contribution in [0.15, 0.2) is 48.5 Å². The van der Waals surface area contributed by atoms with E-state index in [0.717, 1.165) is 23.0 Å². The number of ether oxygens (including phenoxy) is 1. The van der Waals surface area contributed by atoms with E-state index in [1.807, 2.05) is 24.3 Å². The van der Waals surface area contributed by atoms with Crippen LogP contribution in [0, 0.1) is 0 Å². The molecular weight excluding hydrogens is 320 g/mol. The smallest absolute Gasteiger partial charge is 0.214 e. The molecule has 0 atom stereocenters. The third kappa shape index (κ3) is 2.86. The van der Waals surface area contributed by atoms with Crippen molar-refractivity contribution in [3.8, 4) is 17.0 Å². The topological polar surface area (TPSA) is 52.1 Å². The third-order valence-corrected chi connectivity index (χ3v) is 3.95. The van der Waals surface area contributed by atoms with Crippen LogP contribution in [-0.2, 0) is 0 Å². The Kier molecular flexibility index (Phi) is 4.18. The van der Waals surface area contributed by atoms with Crippen LogP contribution < -0.4 is 4.74 Å². The van der Waals surface area contributed by atoms with Crippen LogP contribution >= 0.6 is 23.3 Å². The second-order valence-corrected chi connectivity index (χ2v) is 5.49. The Morgan fingerprint density at radius 3 is 2.36 bits per heavy atom. The third-order valence-electron chi connectivity index (χ3n) is 3.17. The van der Waals surface area contributed by atoms with Crippen molar-refractivity contribution in [1.29, 1.82) is 0 Å². The Morgan fingerprint density at radius 2 is 1.73 bits per heavy atom. The normalized spacial score (nSPS) is 10.5. The molecule has 0 aliphatic carbocycles. The highest BCUT2D eigenvalue weighted by Gasteiger charge is 2.19. The summed E-state index contributed by atoms with van der Waals surface area (Å²) in [6.07, 6.45) is 0. The Hall–Kier alpha value is -2.24. The van der Waals surface area contributed by atoms with Gasteiger partial charge >= 0.3 is 0 Å². The predicted molar refractivity (Wildman–Crippen MR) is 86.8 cm³/mol. The minimum atomic E-state index is -0.170. The number of hydrogen-bond donors (Lipinski definition) is 0. The van der Waals surface area contributed by atoms with Gasteiger partial charge in [0.1, 0.15) is 11.4 Å². The van der Waals surface area contributed by atoms with E-state index in [-0.39, 0.29) is 5.78 Å². The highest BCUT2D eigenvalue weighted by atomic mass is 35.5. The molecule has 0 aliphatic heterocycles. The zero-order valence-electron chi connectivity index (χ0n) is 11.6. The lowest BCUT2D eigenvalue weighted by molar-refractivity contribution is 0.103. The molecule has 0 aliphatic rings. The Labute approximate surface area is 136 Å². The second kappa shape index (κ2) is 6.25. The molecule has 2 aromatic carbocycles. The average Bonchev–Trinajstić information content (AvgIpc) is 3.04. The van der Waals surface area contributed by atoms with Gasteiger partial charge in [-0.05, 0) is 48.5 Å². The van der Waals surface area contributed by atoms with Gasteiger partial charge in [-0.1, -0.05) is 11.6 Å². The first-order chi connectivity index (χ1) is 10.7. The molecule has 0 saturated heterocycles. The van der Waals surface area contributed by atoms with Gasteiger partial charge in [0, 0.05) is 16.1 Å². The maximum absolute atomic E-state index is 12.6. The van der Waals surface area contributed by atoms with Crippen molar-refractivity contribution in [3.63, 3.8) is 0 Å². The van der Waals surface area contributed by atoms with Crippen LogP contribution in [0.3, 0.4) is 0 Å². The molecule has 3 rings (SSSR count). The zero-order valence-corrected chi connectivity index (χ0v) is 13.2. The first-order valence-electron chi connectivity index (χ1n) is 6.46. The van der Waals surface area contributed by atoms with E-state index in [2.05, 4.69) is 8.75 Å². The molecule has 0 amide bonds. The molecule has 22 heavy (non-hydrogen) atoms. The first-order valence-corrected chi connectivity index (χ1v) is 7.57. The summed E-state index contributed by atoms with van der Waals surface area (Å²) >= 11 is 6.87. The molecule has 0 N–H and O–H groups in total. The predicted octanol–water partition coefficient (Wildman–Crippen LogP) is 4.10. The van der Waals surface area contributed by atoms with Crippen LogP contribution in [-0.4, -0.2) is 21.6 Å². The Balaban J connectivity index is 1.97. The fraction of sp³-hybridized carbons (Fsp3) is 0.0625. The molecule has 0 unspecified atom stereocenters. The van der Waals surface area contributed by atoms with Crippen LogP contribution in [0.1, 0.15) is 16.1 Å². The lowest BCUT2D eigenvalue weighted by atomic mass is 10.0. The molecule has 4 nitrogen and oxygen atoms in total. The molecule has 0 bridgehead atoms. The quantitative estimate of drug-likeness (QED) is 0.676. The SMILES string of the molecule is COc1ccc(-c2nsnc2C(=O)c2ccc(Cl)cc2)cc1. The van der Waals surface area contributed by atoms with Crippen molar-refractivity contribution >= 4 is 29.1 Å². The second-order valence-electron chi connectivity index (χ2n) is 4.53. The van der Waals surface area contributed by atoms with E-state index >= 15 is 0 Å². The minimum Gasteiger partial charge on any atom is -0.497 e. The number of halogens is 1. The number of nitrogens with zero attached hydrogens (tertiary/aromatic N) is 2. The molecule has 110 valence electrons. The minimum absolute atomic E-state index is 0.170. The van der Waals surface area contributed by atoms with Crippen LogP contribution in [0.4, 0.5) is 0 Å². The summed E-state index contributed by atoms with van der Waals surface area (Å²) in [5.41, 5.74) is 2.28. The average molecular weight is 331 g/mol. The van der Waals surface area contributed by atoms with Crippen LogP contribution in [0.2, 0.25) is 5.02 Å². The summed E-state index contributed by atoms with van der Waals surface area (Å²) in [4.78, 5) is 12.6. The highest BCUT2D eigenvalue weighted by molar-refractivity contribution is 6.99. The fourth-order valence-electron chi connectivity index (χ4n) is 2.01. The number of ketones is 1. The van der Waals surface area contributed by atoms with E-state index in [1.54, 1.807) is 31.4 Å². The van der Waals surface area contributed by atoms with Crippen molar-refractivity contribution in [2.45, 2.75) is 0 Å². The van der Waals surface area contributed by atoms with Gasteiger partial charge in [0.15, 0.2) is 5.69 Å². The Morgan fingerprint density at radius 1 is 1.05 bits per heavy atom. The van der Waals surface area contributed by atoms with Crippen molar-refractivity contribution in [2.75, 3.05) is 7.11 Å². The van der Waals surface area contributed by atoms with Crippen molar-refractivity contribution in [3.05, 3.63) is 64.8 Å².